The van der Waals surface area contributed by atoms with Crippen molar-refractivity contribution in [3.05, 3.63) is 52.4 Å². The first-order valence-electron chi connectivity index (χ1n) is 6.19. The Hall–Kier alpha value is -2.63. The molecule has 1 aromatic carbocycles. The molecule has 0 unspecified atom stereocenters. The third kappa shape index (κ3) is 3.03. The molecule has 0 aliphatic rings. The molecule has 0 radical (unpaired) electrons. The van der Waals surface area contributed by atoms with Gasteiger partial charge in [-0.2, -0.15) is 5.10 Å². The molecule has 6 nitrogen and oxygen atoms in total. The van der Waals surface area contributed by atoms with Crippen LogP contribution in [0.5, 0.6) is 5.75 Å². The average molecular weight is 273 g/mol. The molecule has 0 atom stereocenters. The number of nitrogens with one attached hydrogen (secondary N) is 1. The van der Waals surface area contributed by atoms with Crippen LogP contribution in [-0.4, -0.2) is 22.3 Å². The number of aryl methyl sites for hydroxylation is 1. The van der Waals surface area contributed by atoms with E-state index in [-0.39, 0.29) is 11.3 Å². The van der Waals surface area contributed by atoms with E-state index in [1.54, 1.807) is 18.2 Å². The van der Waals surface area contributed by atoms with Gasteiger partial charge in [-0.05, 0) is 25.1 Å². The van der Waals surface area contributed by atoms with Gasteiger partial charge < -0.3 is 10.1 Å². The van der Waals surface area contributed by atoms with Gasteiger partial charge in [0.2, 0.25) is 0 Å². The molecule has 104 valence electrons. The summed E-state index contributed by atoms with van der Waals surface area (Å²) in [4.78, 5) is 23.3. The topological polar surface area (TPSA) is 73.2 Å². The van der Waals surface area contributed by atoms with E-state index in [1.807, 2.05) is 13.0 Å². The number of hydrogen-bond donors (Lipinski definition) is 1. The highest BCUT2D eigenvalue weighted by molar-refractivity contribution is 6.03. The number of aromatic nitrogens is 2. The van der Waals surface area contributed by atoms with Crippen molar-refractivity contribution in [1.29, 1.82) is 0 Å². The number of ether oxygens (including phenoxy) is 1. The fourth-order valence-electron chi connectivity index (χ4n) is 1.66. The van der Waals surface area contributed by atoms with E-state index >= 15 is 0 Å². The molecule has 0 aliphatic carbocycles. The lowest BCUT2D eigenvalue weighted by molar-refractivity contribution is 0.101. The van der Waals surface area contributed by atoms with Crippen LogP contribution in [0.4, 0.5) is 5.69 Å². The lowest BCUT2D eigenvalue weighted by Crippen LogP contribution is -2.23. The minimum Gasteiger partial charge on any atom is -0.492 e. The fourth-order valence-corrected chi connectivity index (χ4v) is 1.66. The fraction of sp³-hybridized carbons (Fsp3) is 0.214. The number of rotatable bonds is 4. The van der Waals surface area contributed by atoms with E-state index in [2.05, 4.69) is 10.4 Å². The quantitative estimate of drug-likeness (QED) is 0.914. The second kappa shape index (κ2) is 6.01. The second-order valence-electron chi connectivity index (χ2n) is 4.06. The monoisotopic (exact) mass is 273 g/mol. The zero-order valence-corrected chi connectivity index (χ0v) is 11.3. The molecule has 20 heavy (non-hydrogen) atoms. The molecule has 2 aromatic rings. The van der Waals surface area contributed by atoms with E-state index < -0.39 is 5.91 Å². The minimum atomic E-state index is -0.396. The predicted molar refractivity (Wildman–Crippen MR) is 75.0 cm³/mol. The molecule has 0 saturated carbocycles. The van der Waals surface area contributed by atoms with Crippen LogP contribution >= 0.6 is 0 Å². The summed E-state index contributed by atoms with van der Waals surface area (Å²) in [5.41, 5.74) is 0.463. The molecule has 0 bridgehead atoms. The number of carbonyl (C=O) groups is 1. The average Bonchev–Trinajstić information content (AvgIpc) is 2.44. The number of benzene rings is 1. The molecule has 0 fully saturated rings. The maximum atomic E-state index is 12.1. The number of amides is 1. The maximum Gasteiger partial charge on any atom is 0.276 e. The van der Waals surface area contributed by atoms with Crippen molar-refractivity contribution < 1.29 is 9.53 Å². The third-order valence-corrected chi connectivity index (χ3v) is 2.63. The zero-order valence-electron chi connectivity index (χ0n) is 11.3. The van der Waals surface area contributed by atoms with Crippen molar-refractivity contribution in [2.24, 2.45) is 7.05 Å². The van der Waals surface area contributed by atoms with Crippen LogP contribution in [-0.2, 0) is 7.05 Å². The Morgan fingerprint density at radius 3 is 2.75 bits per heavy atom. The number of carbonyl (C=O) groups excluding carboxylic acids is 1. The number of anilines is 1. The Balaban J connectivity index is 2.23. The van der Waals surface area contributed by atoms with Gasteiger partial charge >= 0.3 is 0 Å². The van der Waals surface area contributed by atoms with Crippen LogP contribution in [0.15, 0.2) is 41.2 Å². The Labute approximate surface area is 116 Å². The van der Waals surface area contributed by atoms with Gasteiger partial charge in [0, 0.05) is 13.1 Å². The first kappa shape index (κ1) is 13.8. The van der Waals surface area contributed by atoms with Crippen LogP contribution in [0.1, 0.15) is 17.4 Å². The highest BCUT2D eigenvalue weighted by atomic mass is 16.5. The maximum absolute atomic E-state index is 12.1. The van der Waals surface area contributed by atoms with Gasteiger partial charge in [0.05, 0.1) is 12.3 Å². The van der Waals surface area contributed by atoms with Gasteiger partial charge in [-0.1, -0.05) is 12.1 Å². The molecule has 6 heteroatoms. The van der Waals surface area contributed by atoms with Crippen LogP contribution in [0, 0.1) is 0 Å². The summed E-state index contributed by atoms with van der Waals surface area (Å²) in [6, 6.07) is 9.83. The molecule has 1 heterocycles. The van der Waals surface area contributed by atoms with Gasteiger partial charge in [0.15, 0.2) is 0 Å². The van der Waals surface area contributed by atoms with Crippen LogP contribution in [0.25, 0.3) is 0 Å². The molecule has 1 N–H and O–H groups in total. The highest BCUT2D eigenvalue weighted by Crippen LogP contribution is 2.23. The molecule has 1 aromatic heterocycles. The summed E-state index contributed by atoms with van der Waals surface area (Å²) in [7, 11) is 1.49. The van der Waals surface area contributed by atoms with E-state index in [4.69, 9.17) is 4.74 Å². The molecule has 0 saturated heterocycles. The smallest absolute Gasteiger partial charge is 0.276 e. The lowest BCUT2D eigenvalue weighted by atomic mass is 10.2. The van der Waals surface area contributed by atoms with Gasteiger partial charge in [-0.15, -0.1) is 0 Å². The van der Waals surface area contributed by atoms with Crippen LogP contribution < -0.4 is 15.6 Å². The number of hydrogen-bond acceptors (Lipinski definition) is 4. The largest absolute Gasteiger partial charge is 0.492 e. The third-order valence-electron chi connectivity index (χ3n) is 2.63. The van der Waals surface area contributed by atoms with Crippen molar-refractivity contribution in [3.8, 4) is 5.75 Å². The van der Waals surface area contributed by atoms with Crippen molar-refractivity contribution in [3.63, 3.8) is 0 Å². The Morgan fingerprint density at radius 1 is 1.30 bits per heavy atom. The van der Waals surface area contributed by atoms with Gasteiger partial charge in [-0.3, -0.25) is 9.59 Å². The Morgan fingerprint density at radius 2 is 2.05 bits per heavy atom. The Bertz CT molecular complexity index is 679. The van der Waals surface area contributed by atoms with Gasteiger partial charge in [0.1, 0.15) is 11.4 Å². The highest BCUT2D eigenvalue weighted by Gasteiger charge is 2.11. The Kier molecular flexibility index (Phi) is 4.14. The first-order chi connectivity index (χ1) is 9.61. The molecular formula is C14H15N3O3. The summed E-state index contributed by atoms with van der Waals surface area (Å²) in [5.74, 6) is 0.195. The summed E-state index contributed by atoms with van der Waals surface area (Å²) in [6.07, 6.45) is 0. The molecule has 2 rings (SSSR count). The normalized spacial score (nSPS) is 10.1. The minimum absolute atomic E-state index is 0.165. The standard InChI is InChI=1S/C14H15N3O3/c1-3-20-12-7-5-4-6-10(12)15-14(19)11-8-9-13(18)17(2)16-11/h4-9H,3H2,1-2H3,(H,15,19). The first-order valence-corrected chi connectivity index (χ1v) is 6.19. The van der Waals surface area contributed by atoms with E-state index in [0.29, 0.717) is 18.0 Å². The van der Waals surface area contributed by atoms with Gasteiger partial charge in [-0.25, -0.2) is 4.68 Å². The molecular weight excluding hydrogens is 258 g/mol. The second-order valence-corrected chi connectivity index (χ2v) is 4.06. The summed E-state index contributed by atoms with van der Waals surface area (Å²) in [5, 5.41) is 6.61. The SMILES string of the molecule is CCOc1ccccc1NC(=O)c1ccc(=O)n(C)n1. The molecule has 0 aliphatic heterocycles. The molecule has 1 amide bonds. The van der Waals surface area contributed by atoms with E-state index in [1.165, 1.54) is 19.2 Å². The van der Waals surface area contributed by atoms with Crippen LogP contribution in [0.2, 0.25) is 0 Å². The lowest BCUT2D eigenvalue weighted by Gasteiger charge is -2.11. The van der Waals surface area contributed by atoms with Crippen molar-refractivity contribution >= 4 is 11.6 Å². The summed E-state index contributed by atoms with van der Waals surface area (Å²) >= 11 is 0. The van der Waals surface area contributed by atoms with Crippen LogP contribution in [0.3, 0.4) is 0 Å². The number of nitrogens with zero attached hydrogens (tertiary/aromatic N) is 2. The number of para-hydroxylation sites is 2. The predicted octanol–water partition coefficient (Wildman–Crippen LogP) is 1.43. The van der Waals surface area contributed by atoms with E-state index in [9.17, 15) is 9.59 Å². The zero-order chi connectivity index (χ0) is 14.5. The van der Waals surface area contributed by atoms with Crippen molar-refractivity contribution in [2.75, 3.05) is 11.9 Å². The van der Waals surface area contributed by atoms with Crippen molar-refractivity contribution in [2.45, 2.75) is 6.92 Å². The molecule has 0 spiro atoms. The van der Waals surface area contributed by atoms with Gasteiger partial charge in [0.25, 0.3) is 11.5 Å². The summed E-state index contributed by atoms with van der Waals surface area (Å²) in [6.45, 7) is 2.37. The van der Waals surface area contributed by atoms with Crippen molar-refractivity contribution in [1.82, 2.24) is 9.78 Å². The summed E-state index contributed by atoms with van der Waals surface area (Å²) < 4.78 is 6.54. The van der Waals surface area contributed by atoms with E-state index in [0.717, 1.165) is 4.68 Å².